The molecule has 0 aromatic heterocycles. The molecule has 0 spiro atoms. The van der Waals surface area contributed by atoms with Gasteiger partial charge in [-0.3, -0.25) is 9.69 Å². The maximum atomic E-state index is 13.5. The zero-order valence-corrected chi connectivity index (χ0v) is 19.8. The Morgan fingerprint density at radius 2 is 1.90 bits per heavy atom. The van der Waals surface area contributed by atoms with Crippen LogP contribution in [0.1, 0.15) is 61.4 Å². The van der Waals surface area contributed by atoms with Crippen molar-refractivity contribution in [1.82, 2.24) is 14.5 Å². The van der Waals surface area contributed by atoms with Gasteiger partial charge in [0.15, 0.2) is 0 Å². The second-order valence-corrected chi connectivity index (χ2v) is 10.4. The van der Waals surface area contributed by atoms with Gasteiger partial charge in [0.1, 0.15) is 0 Å². The van der Waals surface area contributed by atoms with Gasteiger partial charge in [-0.15, -0.1) is 0 Å². The lowest BCUT2D eigenvalue weighted by molar-refractivity contribution is 0.0324. The summed E-state index contributed by atoms with van der Waals surface area (Å²) in [6.45, 7) is 9.43. The van der Waals surface area contributed by atoms with Crippen molar-refractivity contribution in [3.63, 3.8) is 0 Å². The number of carbonyl (C=O) groups is 1. The Bertz CT molecular complexity index is 833. The van der Waals surface area contributed by atoms with Gasteiger partial charge in [0.05, 0.1) is 18.1 Å². The number of amides is 1. The molecule has 0 radical (unpaired) electrons. The molecule has 1 aliphatic heterocycles. The van der Waals surface area contributed by atoms with Crippen molar-refractivity contribution < 1.29 is 17.9 Å². The van der Waals surface area contributed by atoms with E-state index in [0.717, 1.165) is 76.9 Å². The summed E-state index contributed by atoms with van der Waals surface area (Å²) in [6.07, 6.45) is 6.12. The zero-order chi connectivity index (χ0) is 22.3. The van der Waals surface area contributed by atoms with Crippen LogP contribution >= 0.6 is 0 Å². The molecule has 1 aromatic rings. The Hall–Kier alpha value is -1.48. The van der Waals surface area contributed by atoms with Gasteiger partial charge in [-0.2, -0.15) is 0 Å². The van der Waals surface area contributed by atoms with E-state index in [2.05, 4.69) is 16.5 Å². The minimum Gasteiger partial charge on any atom is -0.379 e. The lowest BCUT2D eigenvalue weighted by Crippen LogP contribution is -2.43. The van der Waals surface area contributed by atoms with Crippen molar-refractivity contribution in [2.45, 2.75) is 63.3 Å². The van der Waals surface area contributed by atoms with Gasteiger partial charge in [-0.25, -0.2) is 13.1 Å². The number of sulfonamides is 1. The van der Waals surface area contributed by atoms with Crippen LogP contribution in [0.5, 0.6) is 0 Å². The second-order valence-electron chi connectivity index (χ2n) is 8.68. The van der Waals surface area contributed by atoms with E-state index in [9.17, 15) is 13.2 Å². The van der Waals surface area contributed by atoms with E-state index in [1.807, 2.05) is 11.8 Å². The smallest absolute Gasteiger partial charge is 0.254 e. The summed E-state index contributed by atoms with van der Waals surface area (Å²) in [4.78, 5) is 17.9. The van der Waals surface area contributed by atoms with E-state index >= 15 is 0 Å². The zero-order valence-electron chi connectivity index (χ0n) is 18.9. The summed E-state index contributed by atoms with van der Waals surface area (Å²) < 4.78 is 33.4. The molecule has 0 bridgehead atoms. The highest BCUT2D eigenvalue weighted by molar-refractivity contribution is 7.89. The van der Waals surface area contributed by atoms with Crippen LogP contribution in [0.3, 0.4) is 0 Å². The largest absolute Gasteiger partial charge is 0.379 e. The summed E-state index contributed by atoms with van der Waals surface area (Å²) in [5.41, 5.74) is 1.29. The van der Waals surface area contributed by atoms with Crippen LogP contribution in [0.25, 0.3) is 0 Å². The Balaban J connectivity index is 1.73. The molecule has 0 atom stereocenters. The Morgan fingerprint density at radius 3 is 2.58 bits per heavy atom. The highest BCUT2D eigenvalue weighted by Crippen LogP contribution is 2.24. The minimum atomic E-state index is -3.59. The number of carbonyl (C=O) groups excluding carboxylic acids is 1. The van der Waals surface area contributed by atoms with Gasteiger partial charge in [0.2, 0.25) is 10.0 Å². The number of unbranched alkanes of at least 4 members (excludes halogenated alkanes) is 3. The Morgan fingerprint density at radius 1 is 1.16 bits per heavy atom. The number of hydrogen-bond acceptors (Lipinski definition) is 5. The maximum Gasteiger partial charge on any atom is 0.254 e. The lowest BCUT2D eigenvalue weighted by Gasteiger charge is -2.30. The van der Waals surface area contributed by atoms with E-state index in [-0.39, 0.29) is 16.8 Å². The molecule has 0 unspecified atom stereocenters. The predicted octanol–water partition coefficient (Wildman–Crippen LogP) is 2.79. The van der Waals surface area contributed by atoms with Crippen molar-refractivity contribution in [3.05, 3.63) is 29.3 Å². The fourth-order valence-corrected chi connectivity index (χ4v) is 5.12. The number of morpholine rings is 1. The van der Waals surface area contributed by atoms with Gasteiger partial charge < -0.3 is 9.64 Å². The number of benzene rings is 1. The van der Waals surface area contributed by atoms with E-state index in [1.165, 1.54) is 0 Å². The normalized spacial score (nSPS) is 17.6. The van der Waals surface area contributed by atoms with Gasteiger partial charge in [-0.05, 0) is 43.9 Å². The molecule has 1 aliphatic carbocycles. The fraction of sp³-hybridized carbons (Fsp3) is 0.696. The number of nitrogens with one attached hydrogen (secondary N) is 1. The third-order valence-corrected chi connectivity index (χ3v) is 7.53. The van der Waals surface area contributed by atoms with Crippen LogP contribution in [0.15, 0.2) is 23.1 Å². The van der Waals surface area contributed by atoms with Gasteiger partial charge >= 0.3 is 0 Å². The van der Waals surface area contributed by atoms with Crippen LogP contribution in [-0.2, 0) is 14.8 Å². The summed E-state index contributed by atoms with van der Waals surface area (Å²) >= 11 is 0. The first-order chi connectivity index (χ1) is 14.9. The van der Waals surface area contributed by atoms with E-state index in [4.69, 9.17) is 4.74 Å². The predicted molar refractivity (Wildman–Crippen MR) is 122 cm³/mol. The van der Waals surface area contributed by atoms with Crippen molar-refractivity contribution in [2.24, 2.45) is 0 Å². The minimum absolute atomic E-state index is 0.0361. The van der Waals surface area contributed by atoms with E-state index < -0.39 is 10.0 Å². The molecule has 1 amide bonds. The molecule has 1 N–H and O–H groups in total. The maximum absolute atomic E-state index is 13.5. The molecule has 2 fully saturated rings. The monoisotopic (exact) mass is 451 g/mol. The number of hydrogen-bond donors (Lipinski definition) is 1. The number of nitrogens with zero attached hydrogens (tertiary/aromatic N) is 2. The fourth-order valence-electron chi connectivity index (χ4n) is 3.79. The van der Waals surface area contributed by atoms with E-state index in [1.54, 1.807) is 18.2 Å². The summed E-state index contributed by atoms with van der Waals surface area (Å²) in [7, 11) is -3.59. The number of ether oxygens (including phenoxy) is 1. The highest BCUT2D eigenvalue weighted by atomic mass is 32.2. The second kappa shape index (κ2) is 11.4. The van der Waals surface area contributed by atoms with Crippen molar-refractivity contribution >= 4 is 15.9 Å². The summed E-state index contributed by atoms with van der Waals surface area (Å²) in [6, 6.07) is 4.92. The third kappa shape index (κ3) is 7.27. The highest BCUT2D eigenvalue weighted by Gasteiger charge is 2.29. The topological polar surface area (TPSA) is 79.0 Å². The van der Waals surface area contributed by atoms with Gasteiger partial charge in [0.25, 0.3) is 5.91 Å². The first-order valence-electron chi connectivity index (χ1n) is 11.6. The van der Waals surface area contributed by atoms with Crippen LogP contribution < -0.4 is 4.72 Å². The van der Waals surface area contributed by atoms with Crippen LogP contribution in [0, 0.1) is 6.92 Å². The molecule has 31 heavy (non-hydrogen) atoms. The molecule has 1 saturated heterocycles. The van der Waals surface area contributed by atoms with E-state index in [0.29, 0.717) is 18.7 Å². The third-order valence-electron chi connectivity index (χ3n) is 6.01. The molecule has 174 valence electrons. The number of aryl methyl sites for hydroxylation is 1. The van der Waals surface area contributed by atoms with Crippen LogP contribution in [0.4, 0.5) is 0 Å². The first-order valence-corrected chi connectivity index (χ1v) is 13.1. The molecule has 1 saturated carbocycles. The molecule has 7 nitrogen and oxygen atoms in total. The Kier molecular flexibility index (Phi) is 8.89. The van der Waals surface area contributed by atoms with Gasteiger partial charge in [-0.1, -0.05) is 32.3 Å². The number of rotatable bonds is 12. The average Bonchev–Trinajstić information content (AvgIpc) is 3.57. The van der Waals surface area contributed by atoms with Crippen molar-refractivity contribution in [1.29, 1.82) is 0 Å². The summed E-state index contributed by atoms with van der Waals surface area (Å²) in [5.74, 6) is -0.0780. The summed E-state index contributed by atoms with van der Waals surface area (Å²) in [5, 5.41) is 0. The standard InChI is InChI=1S/C23H37N3O4S/c1-3-4-5-6-11-26(13-12-25-14-16-30-17-15-25)23(27)22-18-21(10-7-19(22)2)31(28,29)24-20-8-9-20/h7,10,18,20,24H,3-6,8-9,11-17H2,1-2H3. The van der Waals surface area contributed by atoms with Crippen LogP contribution in [-0.4, -0.2) is 76.1 Å². The van der Waals surface area contributed by atoms with Crippen molar-refractivity contribution in [2.75, 3.05) is 45.9 Å². The van der Waals surface area contributed by atoms with Gasteiger partial charge in [0, 0.05) is 44.3 Å². The van der Waals surface area contributed by atoms with Crippen molar-refractivity contribution in [3.8, 4) is 0 Å². The molecular weight excluding hydrogens is 414 g/mol. The SMILES string of the molecule is CCCCCCN(CCN1CCOCC1)C(=O)c1cc(S(=O)(=O)NC2CC2)ccc1C. The first kappa shape index (κ1) is 24.2. The molecule has 1 heterocycles. The molecular formula is C23H37N3O4S. The average molecular weight is 452 g/mol. The quantitative estimate of drug-likeness (QED) is 0.495. The lowest BCUT2D eigenvalue weighted by atomic mass is 10.1. The molecule has 1 aromatic carbocycles. The molecule has 3 rings (SSSR count). The van der Waals surface area contributed by atoms with Crippen LogP contribution in [0.2, 0.25) is 0 Å². The molecule has 8 heteroatoms. The Labute approximate surface area is 187 Å². The molecule has 2 aliphatic rings.